The lowest BCUT2D eigenvalue weighted by Gasteiger charge is -2.04. The van der Waals surface area contributed by atoms with Crippen molar-refractivity contribution in [3.05, 3.63) is 22.6 Å². The molecule has 0 aliphatic heterocycles. The van der Waals surface area contributed by atoms with Gasteiger partial charge in [0.2, 0.25) is 0 Å². The predicted molar refractivity (Wildman–Crippen MR) is 57.3 cm³/mol. The summed E-state index contributed by atoms with van der Waals surface area (Å²) < 4.78 is 5.50. The van der Waals surface area contributed by atoms with Gasteiger partial charge in [-0.1, -0.05) is 0 Å². The minimum Gasteiger partial charge on any atom is -0.466 e. The zero-order valence-corrected chi connectivity index (χ0v) is 9.14. The summed E-state index contributed by atoms with van der Waals surface area (Å²) >= 11 is 0. The summed E-state index contributed by atoms with van der Waals surface area (Å²) in [6.07, 6.45) is 0. The van der Waals surface area contributed by atoms with Crippen molar-refractivity contribution in [1.29, 1.82) is 0 Å². The molecular formula is C10H17N3O. The molecule has 0 bridgehead atoms. The highest BCUT2D eigenvalue weighted by Gasteiger charge is 2.15. The number of aliphatic imine (C=N–C) groups is 1. The molecule has 0 saturated carbocycles. The van der Waals surface area contributed by atoms with Crippen LogP contribution in [0, 0.1) is 20.8 Å². The van der Waals surface area contributed by atoms with Crippen LogP contribution < -0.4 is 11.3 Å². The van der Waals surface area contributed by atoms with Crippen molar-refractivity contribution in [3.8, 4) is 0 Å². The normalized spacial score (nSPS) is 11.9. The average Bonchev–Trinajstić information content (AvgIpc) is 2.39. The Balaban J connectivity index is 3.22. The number of amidine groups is 1. The van der Waals surface area contributed by atoms with Crippen LogP contribution in [0.25, 0.3) is 0 Å². The van der Waals surface area contributed by atoms with Crippen LogP contribution in [0.3, 0.4) is 0 Å². The number of nitrogens with one attached hydrogen (secondary N) is 1. The first-order valence-electron chi connectivity index (χ1n) is 4.69. The molecule has 1 aromatic heterocycles. The number of rotatable bonds is 2. The van der Waals surface area contributed by atoms with Crippen molar-refractivity contribution in [1.82, 2.24) is 5.43 Å². The van der Waals surface area contributed by atoms with Crippen molar-refractivity contribution >= 4 is 5.84 Å². The van der Waals surface area contributed by atoms with Crippen LogP contribution in [0.4, 0.5) is 0 Å². The van der Waals surface area contributed by atoms with E-state index in [4.69, 9.17) is 10.3 Å². The maximum Gasteiger partial charge on any atom is 0.146 e. The van der Waals surface area contributed by atoms with E-state index < -0.39 is 0 Å². The summed E-state index contributed by atoms with van der Waals surface area (Å²) in [6, 6.07) is 0. The summed E-state index contributed by atoms with van der Waals surface area (Å²) in [7, 11) is 0. The third-order valence-electron chi connectivity index (χ3n) is 2.25. The fourth-order valence-electron chi connectivity index (χ4n) is 1.50. The van der Waals surface area contributed by atoms with Crippen LogP contribution >= 0.6 is 0 Å². The highest BCUT2D eigenvalue weighted by molar-refractivity contribution is 6.00. The van der Waals surface area contributed by atoms with Gasteiger partial charge in [0.25, 0.3) is 0 Å². The Morgan fingerprint density at radius 3 is 2.36 bits per heavy atom. The molecule has 0 aliphatic rings. The van der Waals surface area contributed by atoms with Crippen molar-refractivity contribution in [2.24, 2.45) is 10.8 Å². The highest BCUT2D eigenvalue weighted by Crippen LogP contribution is 2.20. The minimum atomic E-state index is 0.694. The summed E-state index contributed by atoms with van der Waals surface area (Å²) in [5.74, 6) is 7.87. The second-order valence-corrected chi connectivity index (χ2v) is 3.18. The van der Waals surface area contributed by atoms with Gasteiger partial charge in [-0.25, -0.2) is 5.84 Å². The van der Waals surface area contributed by atoms with E-state index in [9.17, 15) is 0 Å². The standard InChI is InChI=1S/C10H17N3O/c1-5-12-10(13-11)9-6(2)7(3)14-8(9)4/h5,11H2,1-4H3,(H,12,13). The summed E-state index contributed by atoms with van der Waals surface area (Å²) in [5.41, 5.74) is 4.67. The van der Waals surface area contributed by atoms with Gasteiger partial charge in [-0.15, -0.1) is 0 Å². The molecule has 1 heterocycles. The number of aryl methyl sites for hydroxylation is 2. The lowest BCUT2D eigenvalue weighted by molar-refractivity contribution is 0.502. The topological polar surface area (TPSA) is 63.5 Å². The van der Waals surface area contributed by atoms with Gasteiger partial charge in [0.15, 0.2) is 0 Å². The van der Waals surface area contributed by atoms with Crippen LogP contribution in [0.15, 0.2) is 9.41 Å². The third-order valence-corrected chi connectivity index (χ3v) is 2.25. The smallest absolute Gasteiger partial charge is 0.146 e. The van der Waals surface area contributed by atoms with Crippen LogP contribution in [0.1, 0.15) is 29.6 Å². The molecule has 1 aromatic rings. The summed E-state index contributed by atoms with van der Waals surface area (Å²) in [5, 5.41) is 0. The molecule has 1 rings (SSSR count). The van der Waals surface area contributed by atoms with E-state index in [2.05, 4.69) is 10.4 Å². The largest absolute Gasteiger partial charge is 0.466 e. The van der Waals surface area contributed by atoms with Gasteiger partial charge in [-0.2, -0.15) is 0 Å². The molecule has 4 heteroatoms. The maximum absolute atomic E-state index is 5.50. The third kappa shape index (κ3) is 1.80. The van der Waals surface area contributed by atoms with Crippen molar-refractivity contribution in [3.63, 3.8) is 0 Å². The molecule has 3 N–H and O–H groups in total. The number of hydrogen-bond acceptors (Lipinski definition) is 3. The van der Waals surface area contributed by atoms with Gasteiger partial charge in [-0.3, -0.25) is 4.99 Å². The Bertz CT molecular complexity index is 352. The molecule has 0 aliphatic carbocycles. The van der Waals surface area contributed by atoms with Crippen molar-refractivity contribution in [2.75, 3.05) is 6.54 Å². The first-order chi connectivity index (χ1) is 6.61. The quantitative estimate of drug-likeness (QED) is 0.325. The van der Waals surface area contributed by atoms with Gasteiger partial charge in [-0.05, 0) is 27.7 Å². The molecular weight excluding hydrogens is 178 g/mol. The van der Waals surface area contributed by atoms with Crippen LogP contribution in [0.2, 0.25) is 0 Å². The molecule has 14 heavy (non-hydrogen) atoms. The number of nitrogens with two attached hydrogens (primary N) is 1. The zero-order valence-electron chi connectivity index (χ0n) is 9.14. The lowest BCUT2D eigenvalue weighted by Crippen LogP contribution is -2.32. The van der Waals surface area contributed by atoms with E-state index in [1.807, 2.05) is 27.7 Å². The van der Waals surface area contributed by atoms with Gasteiger partial charge in [0.1, 0.15) is 17.4 Å². The molecule has 0 spiro atoms. The second kappa shape index (κ2) is 4.28. The molecule has 78 valence electrons. The fraction of sp³-hybridized carbons (Fsp3) is 0.500. The van der Waals surface area contributed by atoms with E-state index >= 15 is 0 Å². The van der Waals surface area contributed by atoms with Crippen molar-refractivity contribution < 1.29 is 4.42 Å². The molecule has 0 fully saturated rings. The SMILES string of the molecule is CCN=C(NN)c1c(C)oc(C)c1C. The van der Waals surface area contributed by atoms with E-state index in [1.54, 1.807) is 0 Å². The van der Waals surface area contributed by atoms with E-state index in [0.29, 0.717) is 12.4 Å². The summed E-state index contributed by atoms with van der Waals surface area (Å²) in [4.78, 5) is 4.27. The second-order valence-electron chi connectivity index (χ2n) is 3.18. The number of furan rings is 1. The minimum absolute atomic E-state index is 0.694. The van der Waals surface area contributed by atoms with E-state index in [0.717, 1.165) is 22.6 Å². The molecule has 0 atom stereocenters. The fourth-order valence-corrected chi connectivity index (χ4v) is 1.50. The zero-order chi connectivity index (χ0) is 10.7. The van der Waals surface area contributed by atoms with Gasteiger partial charge < -0.3 is 9.84 Å². The Morgan fingerprint density at radius 1 is 1.36 bits per heavy atom. The van der Waals surface area contributed by atoms with Crippen LogP contribution in [-0.4, -0.2) is 12.4 Å². The van der Waals surface area contributed by atoms with Gasteiger partial charge in [0, 0.05) is 12.1 Å². The van der Waals surface area contributed by atoms with E-state index in [1.165, 1.54) is 0 Å². The maximum atomic E-state index is 5.50. The first kappa shape index (κ1) is 10.8. The Hall–Kier alpha value is -1.29. The Morgan fingerprint density at radius 2 is 2.00 bits per heavy atom. The number of hydrogen-bond donors (Lipinski definition) is 2. The summed E-state index contributed by atoms with van der Waals surface area (Å²) in [6.45, 7) is 8.52. The molecule has 0 unspecified atom stereocenters. The number of hydrazine groups is 1. The Labute approximate surface area is 84.2 Å². The molecule has 0 aromatic carbocycles. The van der Waals surface area contributed by atoms with Crippen LogP contribution in [-0.2, 0) is 0 Å². The Kier molecular flexibility index (Phi) is 3.30. The predicted octanol–water partition coefficient (Wildman–Crippen LogP) is 1.43. The van der Waals surface area contributed by atoms with Gasteiger partial charge in [0.05, 0.1) is 5.56 Å². The average molecular weight is 195 g/mol. The first-order valence-corrected chi connectivity index (χ1v) is 4.69. The highest BCUT2D eigenvalue weighted by atomic mass is 16.3. The molecule has 0 saturated heterocycles. The van der Waals surface area contributed by atoms with Crippen LogP contribution in [0.5, 0.6) is 0 Å². The molecule has 0 radical (unpaired) electrons. The number of nitrogens with zero attached hydrogens (tertiary/aromatic N) is 1. The molecule has 4 nitrogen and oxygen atoms in total. The van der Waals surface area contributed by atoms with E-state index in [-0.39, 0.29) is 0 Å². The lowest BCUT2D eigenvalue weighted by atomic mass is 10.1. The molecule has 0 amide bonds. The van der Waals surface area contributed by atoms with Gasteiger partial charge >= 0.3 is 0 Å². The van der Waals surface area contributed by atoms with Crippen molar-refractivity contribution in [2.45, 2.75) is 27.7 Å². The monoisotopic (exact) mass is 195 g/mol.